The topological polar surface area (TPSA) is 40.5 Å². The Morgan fingerprint density at radius 3 is 2.27 bits per heavy atom. The van der Waals surface area contributed by atoms with Crippen molar-refractivity contribution in [3.8, 4) is 0 Å². The van der Waals surface area contributed by atoms with E-state index in [2.05, 4.69) is 0 Å². The van der Waals surface area contributed by atoms with Crippen LogP contribution in [0, 0.1) is 0 Å². The number of carboxylic acids is 1. The largest absolute Gasteiger partial charge is 0.481 e. The normalized spacial score (nSPS) is 21.4. The molecule has 0 bridgehead atoms. The summed E-state index contributed by atoms with van der Waals surface area (Å²) in [5.41, 5.74) is -0.0590. The molecule has 1 aliphatic rings. The highest BCUT2D eigenvalue weighted by Crippen LogP contribution is 2.36. The third kappa shape index (κ3) is 1.68. The summed E-state index contributed by atoms with van der Waals surface area (Å²) in [6, 6.07) is 0. The lowest BCUT2D eigenvalue weighted by atomic mass is 9.98. The molecule has 0 unspecified atom stereocenters. The summed E-state index contributed by atoms with van der Waals surface area (Å²) >= 11 is 1.81. The Morgan fingerprint density at radius 2 is 2.18 bits per heavy atom. The number of carboxylic acid groups (broad SMARTS) is 1. The van der Waals surface area contributed by atoms with Gasteiger partial charge in [0.1, 0.15) is 0 Å². The second-order valence-corrected chi connectivity index (χ2v) is 4.17. The Bertz CT molecular complexity index is 166. The first-order valence-electron chi connectivity index (χ1n) is 3.54. The minimum atomic E-state index is -0.695. The summed E-state index contributed by atoms with van der Waals surface area (Å²) < 4.78 is 0. The van der Waals surface area contributed by atoms with Gasteiger partial charge in [-0.2, -0.15) is 11.8 Å². The van der Waals surface area contributed by atoms with Crippen LogP contribution in [0.1, 0.15) is 6.42 Å². The van der Waals surface area contributed by atoms with E-state index in [1.165, 1.54) is 0 Å². The fourth-order valence-electron chi connectivity index (χ4n) is 1.14. The first-order valence-corrected chi connectivity index (χ1v) is 4.69. The van der Waals surface area contributed by atoms with Gasteiger partial charge in [-0.1, -0.05) is 0 Å². The van der Waals surface area contributed by atoms with Crippen molar-refractivity contribution in [2.75, 3.05) is 25.6 Å². The Kier molecular flexibility index (Phi) is 2.44. The van der Waals surface area contributed by atoms with E-state index in [1.807, 2.05) is 30.8 Å². The van der Waals surface area contributed by atoms with E-state index in [0.717, 1.165) is 11.5 Å². The second kappa shape index (κ2) is 3.03. The van der Waals surface area contributed by atoms with E-state index in [9.17, 15) is 4.79 Å². The molecule has 1 heterocycles. The molecule has 0 radical (unpaired) electrons. The van der Waals surface area contributed by atoms with Crippen molar-refractivity contribution in [3.05, 3.63) is 0 Å². The number of thioether (sulfide) groups is 1. The van der Waals surface area contributed by atoms with Crippen molar-refractivity contribution in [1.82, 2.24) is 4.90 Å². The first-order chi connectivity index (χ1) is 5.07. The van der Waals surface area contributed by atoms with Crippen molar-refractivity contribution < 1.29 is 9.90 Å². The van der Waals surface area contributed by atoms with Gasteiger partial charge in [-0.3, -0.25) is 4.79 Å². The lowest BCUT2D eigenvalue weighted by Gasteiger charge is -2.45. The van der Waals surface area contributed by atoms with Crippen LogP contribution in [0.2, 0.25) is 0 Å². The van der Waals surface area contributed by atoms with Crippen LogP contribution in [-0.4, -0.2) is 47.1 Å². The molecule has 0 aliphatic carbocycles. The Morgan fingerprint density at radius 1 is 1.64 bits per heavy atom. The molecule has 1 N–H and O–H groups in total. The van der Waals surface area contributed by atoms with Gasteiger partial charge in [0.2, 0.25) is 0 Å². The molecular weight excluding hydrogens is 162 g/mol. The van der Waals surface area contributed by atoms with Crippen LogP contribution in [0.5, 0.6) is 0 Å². The maximum Gasteiger partial charge on any atom is 0.305 e. The quantitative estimate of drug-likeness (QED) is 0.678. The smallest absolute Gasteiger partial charge is 0.305 e. The van der Waals surface area contributed by atoms with Gasteiger partial charge >= 0.3 is 5.97 Å². The van der Waals surface area contributed by atoms with Gasteiger partial charge in [0.15, 0.2) is 0 Å². The molecule has 0 amide bonds. The predicted octanol–water partition coefficient (Wildman–Crippen LogP) is 0.508. The van der Waals surface area contributed by atoms with Gasteiger partial charge < -0.3 is 10.0 Å². The van der Waals surface area contributed by atoms with E-state index in [1.54, 1.807) is 0 Å². The third-order valence-corrected chi connectivity index (χ3v) is 3.65. The third-order valence-electron chi connectivity index (χ3n) is 2.17. The molecule has 1 aliphatic heterocycles. The summed E-state index contributed by atoms with van der Waals surface area (Å²) in [5.74, 6) is 1.21. The lowest BCUT2D eigenvalue weighted by molar-refractivity contribution is -0.139. The summed E-state index contributed by atoms with van der Waals surface area (Å²) in [6.45, 7) is 0. The average molecular weight is 175 g/mol. The molecule has 0 aromatic carbocycles. The number of carbonyl (C=O) groups is 1. The standard InChI is InChI=1S/C7H13NO2S/c1-8(2)7(3-6(9)10)4-11-5-7/h3-5H2,1-2H3,(H,9,10). The highest BCUT2D eigenvalue weighted by molar-refractivity contribution is 8.00. The molecule has 1 fully saturated rings. The molecule has 1 rings (SSSR count). The molecule has 0 aromatic rings. The van der Waals surface area contributed by atoms with Gasteiger partial charge in [-0.25, -0.2) is 0 Å². The van der Waals surface area contributed by atoms with Crippen LogP contribution >= 0.6 is 11.8 Å². The summed E-state index contributed by atoms with van der Waals surface area (Å²) in [7, 11) is 3.89. The van der Waals surface area contributed by atoms with Crippen LogP contribution in [-0.2, 0) is 4.79 Å². The monoisotopic (exact) mass is 175 g/mol. The number of nitrogens with zero attached hydrogens (tertiary/aromatic N) is 1. The fourth-order valence-corrected chi connectivity index (χ4v) is 2.53. The molecule has 4 heteroatoms. The summed E-state index contributed by atoms with van der Waals surface area (Å²) in [5, 5.41) is 8.63. The maximum atomic E-state index is 10.5. The van der Waals surface area contributed by atoms with Crippen molar-refractivity contribution in [2.24, 2.45) is 0 Å². The van der Waals surface area contributed by atoms with E-state index < -0.39 is 5.97 Å². The lowest BCUT2D eigenvalue weighted by Crippen LogP contribution is -2.56. The fraction of sp³-hybridized carbons (Fsp3) is 0.857. The Balaban J connectivity index is 2.53. The highest BCUT2D eigenvalue weighted by atomic mass is 32.2. The average Bonchev–Trinajstić information content (AvgIpc) is 1.77. The number of hydrogen-bond acceptors (Lipinski definition) is 3. The van der Waals surface area contributed by atoms with Crippen LogP contribution in [0.4, 0.5) is 0 Å². The summed E-state index contributed by atoms with van der Waals surface area (Å²) in [4.78, 5) is 12.5. The molecule has 3 nitrogen and oxygen atoms in total. The highest BCUT2D eigenvalue weighted by Gasteiger charge is 2.41. The number of aliphatic carboxylic acids is 1. The van der Waals surface area contributed by atoms with Gasteiger partial charge in [-0.05, 0) is 14.1 Å². The van der Waals surface area contributed by atoms with Crippen LogP contribution in [0.3, 0.4) is 0 Å². The molecular formula is C7H13NO2S. The van der Waals surface area contributed by atoms with E-state index in [4.69, 9.17) is 5.11 Å². The van der Waals surface area contributed by atoms with Gasteiger partial charge in [0, 0.05) is 17.0 Å². The molecule has 64 valence electrons. The molecule has 0 spiro atoms. The van der Waals surface area contributed by atoms with Crippen molar-refractivity contribution in [3.63, 3.8) is 0 Å². The first kappa shape index (κ1) is 8.87. The van der Waals surface area contributed by atoms with Crippen LogP contribution in [0.25, 0.3) is 0 Å². The minimum Gasteiger partial charge on any atom is -0.481 e. The SMILES string of the molecule is CN(C)C1(CC(=O)O)CSC1. The maximum absolute atomic E-state index is 10.5. The van der Waals surface area contributed by atoms with Gasteiger partial charge in [0.25, 0.3) is 0 Å². The van der Waals surface area contributed by atoms with Gasteiger partial charge in [0.05, 0.1) is 6.42 Å². The van der Waals surface area contributed by atoms with E-state index >= 15 is 0 Å². The predicted molar refractivity (Wildman–Crippen MR) is 46.0 cm³/mol. The molecule has 11 heavy (non-hydrogen) atoms. The summed E-state index contributed by atoms with van der Waals surface area (Å²) in [6.07, 6.45) is 0.271. The molecule has 0 aromatic heterocycles. The minimum absolute atomic E-state index is 0.0590. The second-order valence-electron chi connectivity index (χ2n) is 3.18. The molecule has 0 saturated carbocycles. The number of hydrogen-bond donors (Lipinski definition) is 1. The van der Waals surface area contributed by atoms with E-state index in [-0.39, 0.29) is 12.0 Å². The number of rotatable bonds is 3. The van der Waals surface area contributed by atoms with E-state index in [0.29, 0.717) is 0 Å². The van der Waals surface area contributed by atoms with Crippen LogP contribution < -0.4 is 0 Å². The molecule has 0 atom stereocenters. The van der Waals surface area contributed by atoms with Crippen LogP contribution in [0.15, 0.2) is 0 Å². The van der Waals surface area contributed by atoms with Crippen molar-refractivity contribution in [2.45, 2.75) is 12.0 Å². The van der Waals surface area contributed by atoms with Crippen molar-refractivity contribution in [1.29, 1.82) is 0 Å². The zero-order chi connectivity index (χ0) is 8.48. The Hall–Kier alpha value is -0.220. The molecule has 1 saturated heterocycles. The zero-order valence-corrected chi connectivity index (χ0v) is 7.65. The zero-order valence-electron chi connectivity index (χ0n) is 6.83. The van der Waals surface area contributed by atoms with Gasteiger partial charge in [-0.15, -0.1) is 0 Å². The van der Waals surface area contributed by atoms with Crippen molar-refractivity contribution >= 4 is 17.7 Å². The Labute approximate surface area is 70.8 Å².